The number of nitrogens with two attached hydrogens (primary N) is 1. The number of nitrogens with one attached hydrogen (secondary N) is 2. The van der Waals surface area contributed by atoms with Crippen molar-refractivity contribution in [3.8, 4) is 0 Å². The van der Waals surface area contributed by atoms with Gasteiger partial charge in [-0.05, 0) is 24.6 Å². The second kappa shape index (κ2) is 4.10. The fourth-order valence-corrected chi connectivity index (χ4v) is 2.38. The van der Waals surface area contributed by atoms with E-state index < -0.39 is 10.0 Å². The maximum absolute atomic E-state index is 11.9. The summed E-state index contributed by atoms with van der Waals surface area (Å²) in [5.41, 5.74) is 7.40. The minimum Gasteiger partial charge on any atom is -0.398 e. The Labute approximate surface area is 98.9 Å². The van der Waals surface area contributed by atoms with Crippen molar-refractivity contribution in [2.24, 2.45) is 0 Å². The average Bonchev–Trinajstić information content (AvgIpc) is 2.78. The van der Waals surface area contributed by atoms with E-state index in [2.05, 4.69) is 14.9 Å². The van der Waals surface area contributed by atoms with Gasteiger partial charge in [-0.3, -0.25) is 9.82 Å². The fraction of sp³-hybridized carbons (Fsp3) is 0.100. The quantitative estimate of drug-likeness (QED) is 0.712. The Hall–Kier alpha value is -2.02. The van der Waals surface area contributed by atoms with E-state index in [0.717, 1.165) is 0 Å². The molecule has 0 unspecified atom stereocenters. The first kappa shape index (κ1) is 11.5. The third-order valence-corrected chi connectivity index (χ3v) is 3.74. The molecule has 17 heavy (non-hydrogen) atoms. The molecule has 0 saturated heterocycles. The monoisotopic (exact) mass is 252 g/mol. The van der Waals surface area contributed by atoms with Crippen LogP contribution >= 0.6 is 0 Å². The third kappa shape index (κ3) is 2.23. The van der Waals surface area contributed by atoms with E-state index >= 15 is 0 Å². The van der Waals surface area contributed by atoms with E-state index in [1.54, 1.807) is 25.1 Å². The number of aromatic amines is 1. The maximum atomic E-state index is 11.9. The van der Waals surface area contributed by atoms with Gasteiger partial charge in [-0.2, -0.15) is 5.10 Å². The Balaban J connectivity index is 2.37. The van der Waals surface area contributed by atoms with E-state index in [1.807, 2.05) is 0 Å². The van der Waals surface area contributed by atoms with Crippen molar-refractivity contribution in [2.45, 2.75) is 11.8 Å². The second-order valence-electron chi connectivity index (χ2n) is 3.56. The van der Waals surface area contributed by atoms with Crippen LogP contribution in [0.15, 0.2) is 35.5 Å². The third-order valence-electron chi connectivity index (χ3n) is 2.40. The Morgan fingerprint density at radius 3 is 2.82 bits per heavy atom. The van der Waals surface area contributed by atoms with Gasteiger partial charge in [0.1, 0.15) is 4.90 Å². The molecule has 0 saturated carbocycles. The summed E-state index contributed by atoms with van der Waals surface area (Å²) in [5.74, 6) is 0. The lowest BCUT2D eigenvalue weighted by Gasteiger charge is -2.10. The second-order valence-corrected chi connectivity index (χ2v) is 5.24. The summed E-state index contributed by atoms with van der Waals surface area (Å²) in [5, 5.41) is 6.05. The predicted octanol–water partition coefficient (Wildman–Crippen LogP) is 1.10. The first-order valence-corrected chi connectivity index (χ1v) is 6.36. The molecule has 0 amide bonds. The van der Waals surface area contributed by atoms with Crippen molar-refractivity contribution in [2.75, 3.05) is 10.5 Å². The van der Waals surface area contributed by atoms with Crippen LogP contribution < -0.4 is 10.5 Å². The summed E-state index contributed by atoms with van der Waals surface area (Å²) in [7, 11) is -3.61. The number of benzene rings is 1. The number of rotatable bonds is 3. The van der Waals surface area contributed by atoms with Gasteiger partial charge < -0.3 is 5.73 Å². The SMILES string of the molecule is Cc1c(N)cccc1NS(=O)(=O)c1cn[nH]c1. The number of nitrogens with zero attached hydrogens (tertiary/aromatic N) is 1. The molecular formula is C10H12N4O2S. The normalized spacial score (nSPS) is 11.4. The lowest BCUT2D eigenvalue weighted by atomic mass is 10.2. The van der Waals surface area contributed by atoms with Crippen molar-refractivity contribution in [3.63, 3.8) is 0 Å². The molecule has 7 heteroatoms. The van der Waals surface area contributed by atoms with E-state index in [-0.39, 0.29) is 4.90 Å². The highest BCUT2D eigenvalue weighted by Gasteiger charge is 2.16. The summed E-state index contributed by atoms with van der Waals surface area (Å²) in [6.45, 7) is 1.75. The molecule has 0 bridgehead atoms. The number of anilines is 2. The zero-order chi connectivity index (χ0) is 12.5. The molecule has 4 N–H and O–H groups in total. The van der Waals surface area contributed by atoms with Gasteiger partial charge in [-0.1, -0.05) is 6.07 Å². The fourth-order valence-electron chi connectivity index (χ4n) is 1.35. The standard InChI is InChI=1S/C10H12N4O2S/c1-7-9(11)3-2-4-10(7)14-17(15,16)8-5-12-13-6-8/h2-6,14H,11H2,1H3,(H,12,13). The van der Waals surface area contributed by atoms with Crippen LogP contribution in [0.3, 0.4) is 0 Å². The highest BCUT2D eigenvalue weighted by Crippen LogP contribution is 2.23. The van der Waals surface area contributed by atoms with Gasteiger partial charge in [0.15, 0.2) is 0 Å². The zero-order valence-corrected chi connectivity index (χ0v) is 9.95. The molecule has 1 aromatic carbocycles. The topological polar surface area (TPSA) is 101 Å². The summed E-state index contributed by atoms with van der Waals surface area (Å²) >= 11 is 0. The minimum atomic E-state index is -3.61. The van der Waals surface area contributed by atoms with Crippen molar-refractivity contribution in [1.29, 1.82) is 0 Å². The van der Waals surface area contributed by atoms with Gasteiger partial charge in [-0.25, -0.2) is 8.42 Å². The summed E-state index contributed by atoms with van der Waals surface area (Å²) in [4.78, 5) is 0.0827. The van der Waals surface area contributed by atoms with Gasteiger partial charge in [0.05, 0.1) is 11.9 Å². The van der Waals surface area contributed by atoms with Gasteiger partial charge in [0, 0.05) is 11.9 Å². The van der Waals surface area contributed by atoms with Crippen molar-refractivity contribution < 1.29 is 8.42 Å². The predicted molar refractivity (Wildman–Crippen MR) is 65.0 cm³/mol. The highest BCUT2D eigenvalue weighted by atomic mass is 32.2. The van der Waals surface area contributed by atoms with Crippen molar-refractivity contribution in [3.05, 3.63) is 36.2 Å². The molecule has 0 aliphatic heterocycles. The van der Waals surface area contributed by atoms with Gasteiger partial charge in [0.2, 0.25) is 0 Å². The number of nitrogen functional groups attached to an aromatic ring is 1. The molecule has 0 aliphatic carbocycles. The molecule has 1 heterocycles. The van der Waals surface area contributed by atoms with Crippen LogP contribution in [0.4, 0.5) is 11.4 Å². The minimum absolute atomic E-state index is 0.0827. The summed E-state index contributed by atoms with van der Waals surface area (Å²) in [6.07, 6.45) is 2.55. The Morgan fingerprint density at radius 2 is 2.18 bits per heavy atom. The molecule has 2 aromatic rings. The van der Waals surface area contributed by atoms with Gasteiger partial charge in [-0.15, -0.1) is 0 Å². The Kier molecular flexibility index (Phi) is 2.76. The number of sulfonamides is 1. The van der Waals surface area contributed by atoms with Crippen LogP contribution in [0.2, 0.25) is 0 Å². The molecule has 1 aromatic heterocycles. The zero-order valence-electron chi connectivity index (χ0n) is 9.14. The lowest BCUT2D eigenvalue weighted by molar-refractivity contribution is 0.601. The van der Waals surface area contributed by atoms with E-state index in [1.165, 1.54) is 12.4 Å². The molecule has 0 radical (unpaired) electrons. The molecule has 0 spiro atoms. The number of hydrogen-bond acceptors (Lipinski definition) is 4. The van der Waals surface area contributed by atoms with E-state index in [9.17, 15) is 8.42 Å². The number of hydrogen-bond donors (Lipinski definition) is 3. The van der Waals surface area contributed by atoms with Gasteiger partial charge >= 0.3 is 0 Å². The van der Waals surface area contributed by atoms with E-state index in [0.29, 0.717) is 16.9 Å². The smallest absolute Gasteiger partial charge is 0.265 e. The highest BCUT2D eigenvalue weighted by molar-refractivity contribution is 7.92. The molecule has 90 valence electrons. The van der Waals surface area contributed by atoms with Crippen LogP contribution in [0.1, 0.15) is 5.56 Å². The molecular weight excluding hydrogens is 240 g/mol. The lowest BCUT2D eigenvalue weighted by Crippen LogP contribution is -2.13. The Bertz CT molecular complexity index is 620. The van der Waals surface area contributed by atoms with Crippen LogP contribution in [-0.2, 0) is 10.0 Å². The van der Waals surface area contributed by atoms with Crippen LogP contribution in [-0.4, -0.2) is 18.6 Å². The van der Waals surface area contributed by atoms with Crippen LogP contribution in [0.25, 0.3) is 0 Å². The number of H-pyrrole nitrogens is 1. The van der Waals surface area contributed by atoms with Crippen molar-refractivity contribution in [1.82, 2.24) is 10.2 Å². The molecule has 0 fully saturated rings. The largest absolute Gasteiger partial charge is 0.398 e. The van der Waals surface area contributed by atoms with Gasteiger partial charge in [0.25, 0.3) is 10.0 Å². The maximum Gasteiger partial charge on any atom is 0.265 e. The van der Waals surface area contributed by atoms with Crippen molar-refractivity contribution >= 4 is 21.4 Å². The molecule has 0 aliphatic rings. The van der Waals surface area contributed by atoms with E-state index in [4.69, 9.17) is 5.73 Å². The van der Waals surface area contributed by atoms with Crippen LogP contribution in [0.5, 0.6) is 0 Å². The summed E-state index contributed by atoms with van der Waals surface area (Å²) < 4.78 is 26.3. The molecule has 0 atom stereocenters. The number of aromatic nitrogens is 2. The first-order chi connectivity index (χ1) is 8.00. The molecule has 6 nitrogen and oxygen atoms in total. The first-order valence-electron chi connectivity index (χ1n) is 4.87. The average molecular weight is 252 g/mol. The molecule has 2 rings (SSSR count). The summed E-state index contributed by atoms with van der Waals surface area (Å²) in [6, 6.07) is 5.06. The van der Waals surface area contributed by atoms with Crippen LogP contribution in [0, 0.1) is 6.92 Å². The Morgan fingerprint density at radius 1 is 1.41 bits per heavy atom.